The summed E-state index contributed by atoms with van der Waals surface area (Å²) < 4.78 is 17.9. The Balaban J connectivity index is 1.29. The first kappa shape index (κ1) is 15.2. The van der Waals surface area contributed by atoms with E-state index in [1.165, 1.54) is 12.1 Å². The number of hydrogen-bond acceptors (Lipinski definition) is 3. The van der Waals surface area contributed by atoms with E-state index >= 15 is 0 Å². The fraction of sp³-hybridized carbons (Fsp3) is 0.529. The predicted molar refractivity (Wildman–Crippen MR) is 84.1 cm³/mol. The Bertz CT molecular complexity index is 650. The Kier molecular flexibility index (Phi) is 3.58. The minimum absolute atomic E-state index is 0.0272. The third-order valence-corrected chi connectivity index (χ3v) is 5.21. The lowest BCUT2D eigenvalue weighted by Crippen LogP contribution is -2.71. The van der Waals surface area contributed by atoms with Gasteiger partial charge in [0.2, 0.25) is 0 Å². The Morgan fingerprint density at radius 1 is 1.17 bits per heavy atom. The maximum absolute atomic E-state index is 13.0. The third kappa shape index (κ3) is 2.68. The van der Waals surface area contributed by atoms with Crippen molar-refractivity contribution in [1.82, 2.24) is 15.1 Å². The van der Waals surface area contributed by atoms with Crippen molar-refractivity contribution < 1.29 is 18.7 Å². The lowest BCUT2D eigenvalue weighted by Gasteiger charge is -2.48. The molecule has 0 aromatic heterocycles. The van der Waals surface area contributed by atoms with Gasteiger partial charge < -0.3 is 19.9 Å². The maximum Gasteiger partial charge on any atom is 0.407 e. The number of hydrogen-bond donors (Lipinski definition) is 1. The number of halogens is 1. The standard InChI is InChI=1S/C17H20FN3O3/c18-14-3-1-12(2-4-14)13-5-7-20(8-6-13)16(23)21-9-17(10-21)11-24-15(22)19-17/h1-4,13H,5-11H2,(H,19,22). The van der Waals surface area contributed by atoms with Crippen LogP contribution in [0.3, 0.4) is 0 Å². The zero-order chi connectivity index (χ0) is 16.7. The number of nitrogens with zero attached hydrogens (tertiary/aromatic N) is 2. The topological polar surface area (TPSA) is 61.9 Å². The number of amides is 3. The van der Waals surface area contributed by atoms with E-state index in [1.807, 2.05) is 17.0 Å². The first-order chi connectivity index (χ1) is 11.5. The normalized spacial score (nSPS) is 23.0. The molecule has 1 aromatic rings. The summed E-state index contributed by atoms with van der Waals surface area (Å²) in [5.41, 5.74) is 0.760. The van der Waals surface area contributed by atoms with Crippen LogP contribution in [0.2, 0.25) is 0 Å². The van der Waals surface area contributed by atoms with Gasteiger partial charge in [0.25, 0.3) is 0 Å². The van der Waals surface area contributed by atoms with Gasteiger partial charge in [0, 0.05) is 13.1 Å². The molecule has 6 nitrogen and oxygen atoms in total. The van der Waals surface area contributed by atoms with Crippen molar-refractivity contribution in [3.05, 3.63) is 35.6 Å². The molecule has 1 spiro atoms. The van der Waals surface area contributed by atoms with Gasteiger partial charge in [-0.1, -0.05) is 12.1 Å². The second-order valence-electron chi connectivity index (χ2n) is 6.93. The van der Waals surface area contributed by atoms with Crippen LogP contribution in [0.15, 0.2) is 24.3 Å². The minimum Gasteiger partial charge on any atom is -0.447 e. The highest BCUT2D eigenvalue weighted by Gasteiger charge is 2.52. The van der Waals surface area contributed by atoms with Gasteiger partial charge in [-0.15, -0.1) is 0 Å². The summed E-state index contributed by atoms with van der Waals surface area (Å²) in [6.45, 7) is 2.76. The molecule has 0 saturated carbocycles. The number of rotatable bonds is 1. The molecule has 3 amide bonds. The lowest BCUT2D eigenvalue weighted by atomic mass is 9.89. The van der Waals surface area contributed by atoms with Crippen molar-refractivity contribution in [2.45, 2.75) is 24.3 Å². The van der Waals surface area contributed by atoms with Crippen LogP contribution in [-0.4, -0.2) is 60.2 Å². The van der Waals surface area contributed by atoms with Gasteiger partial charge in [-0.25, -0.2) is 14.0 Å². The summed E-state index contributed by atoms with van der Waals surface area (Å²) in [7, 11) is 0. The summed E-state index contributed by atoms with van der Waals surface area (Å²) in [6.07, 6.45) is 1.37. The molecule has 24 heavy (non-hydrogen) atoms. The molecular formula is C17H20FN3O3. The average molecular weight is 333 g/mol. The number of ether oxygens (including phenoxy) is 1. The Hall–Kier alpha value is -2.31. The molecule has 3 heterocycles. The van der Waals surface area contributed by atoms with Crippen LogP contribution in [0.4, 0.5) is 14.0 Å². The molecule has 0 aliphatic carbocycles. The van der Waals surface area contributed by atoms with Crippen LogP contribution in [0.5, 0.6) is 0 Å². The van der Waals surface area contributed by atoms with Crippen LogP contribution in [-0.2, 0) is 4.74 Å². The number of piperidine rings is 1. The average Bonchev–Trinajstić information content (AvgIpc) is 2.96. The van der Waals surface area contributed by atoms with Crippen molar-refractivity contribution in [1.29, 1.82) is 0 Å². The maximum atomic E-state index is 13.0. The van der Waals surface area contributed by atoms with Crippen LogP contribution in [0, 0.1) is 5.82 Å². The van der Waals surface area contributed by atoms with Crippen molar-refractivity contribution in [3.8, 4) is 0 Å². The van der Waals surface area contributed by atoms with Gasteiger partial charge in [-0.3, -0.25) is 0 Å². The SMILES string of the molecule is O=C1NC2(CO1)CN(C(=O)N1CCC(c3ccc(F)cc3)CC1)C2. The van der Waals surface area contributed by atoms with Crippen molar-refractivity contribution in [3.63, 3.8) is 0 Å². The number of likely N-dealkylation sites (tertiary alicyclic amines) is 2. The zero-order valence-corrected chi connectivity index (χ0v) is 13.3. The highest BCUT2D eigenvalue weighted by atomic mass is 19.1. The van der Waals surface area contributed by atoms with Gasteiger partial charge in [0.1, 0.15) is 18.0 Å². The molecule has 7 heteroatoms. The smallest absolute Gasteiger partial charge is 0.407 e. The van der Waals surface area contributed by atoms with E-state index in [9.17, 15) is 14.0 Å². The van der Waals surface area contributed by atoms with E-state index in [-0.39, 0.29) is 17.4 Å². The van der Waals surface area contributed by atoms with Crippen molar-refractivity contribution >= 4 is 12.1 Å². The second-order valence-corrected chi connectivity index (χ2v) is 6.93. The number of carbonyl (C=O) groups is 2. The van der Waals surface area contributed by atoms with Crippen molar-refractivity contribution in [2.75, 3.05) is 32.8 Å². The molecule has 1 N–H and O–H groups in total. The molecule has 0 unspecified atom stereocenters. The Labute approximate surface area is 139 Å². The number of benzene rings is 1. The molecule has 4 rings (SSSR count). The van der Waals surface area contributed by atoms with E-state index in [1.54, 1.807) is 4.90 Å². The summed E-state index contributed by atoms with van der Waals surface area (Å²) in [6, 6.07) is 6.67. The lowest BCUT2D eigenvalue weighted by molar-refractivity contribution is 0.0492. The molecule has 3 aliphatic rings. The number of nitrogens with one attached hydrogen (secondary N) is 1. The first-order valence-electron chi connectivity index (χ1n) is 8.29. The van der Waals surface area contributed by atoms with Crippen LogP contribution in [0.1, 0.15) is 24.3 Å². The molecule has 0 radical (unpaired) electrons. The Morgan fingerprint density at radius 3 is 2.42 bits per heavy atom. The van der Waals surface area contributed by atoms with Crippen LogP contribution < -0.4 is 5.32 Å². The molecule has 0 atom stereocenters. The van der Waals surface area contributed by atoms with Gasteiger partial charge in [-0.05, 0) is 36.5 Å². The van der Waals surface area contributed by atoms with Crippen molar-refractivity contribution in [2.24, 2.45) is 0 Å². The highest BCUT2D eigenvalue weighted by molar-refractivity contribution is 5.78. The fourth-order valence-corrected chi connectivity index (χ4v) is 3.82. The number of cyclic esters (lactones) is 1. The zero-order valence-electron chi connectivity index (χ0n) is 13.3. The summed E-state index contributed by atoms with van der Waals surface area (Å²) in [4.78, 5) is 27.3. The van der Waals surface area contributed by atoms with E-state index < -0.39 is 6.09 Å². The fourth-order valence-electron chi connectivity index (χ4n) is 3.82. The van der Waals surface area contributed by atoms with E-state index in [4.69, 9.17) is 4.74 Å². The number of urea groups is 1. The van der Waals surface area contributed by atoms with Gasteiger partial charge in [0.15, 0.2) is 0 Å². The highest BCUT2D eigenvalue weighted by Crippen LogP contribution is 2.31. The third-order valence-electron chi connectivity index (χ3n) is 5.21. The number of carbonyl (C=O) groups excluding carboxylic acids is 2. The predicted octanol–water partition coefficient (Wildman–Crippen LogP) is 1.92. The van der Waals surface area contributed by atoms with Gasteiger partial charge in [-0.2, -0.15) is 0 Å². The Morgan fingerprint density at radius 2 is 1.83 bits per heavy atom. The molecular weight excluding hydrogens is 313 g/mol. The van der Waals surface area contributed by atoms with Gasteiger partial charge in [0.05, 0.1) is 13.1 Å². The molecule has 0 bridgehead atoms. The second kappa shape index (κ2) is 5.65. The summed E-state index contributed by atoms with van der Waals surface area (Å²) in [5.74, 6) is 0.154. The van der Waals surface area contributed by atoms with E-state index in [0.717, 1.165) is 18.4 Å². The molecule has 3 aliphatic heterocycles. The first-order valence-corrected chi connectivity index (χ1v) is 8.29. The molecule has 128 valence electrons. The minimum atomic E-state index is -0.401. The largest absolute Gasteiger partial charge is 0.447 e. The molecule has 1 aromatic carbocycles. The van der Waals surface area contributed by atoms with Crippen LogP contribution >= 0.6 is 0 Å². The summed E-state index contributed by atoms with van der Waals surface area (Å²) in [5, 5.41) is 2.78. The monoisotopic (exact) mass is 333 g/mol. The van der Waals surface area contributed by atoms with E-state index in [2.05, 4.69) is 5.32 Å². The van der Waals surface area contributed by atoms with Gasteiger partial charge >= 0.3 is 12.1 Å². The van der Waals surface area contributed by atoms with E-state index in [0.29, 0.717) is 38.7 Å². The molecule has 3 fully saturated rings. The van der Waals surface area contributed by atoms with Crippen LogP contribution in [0.25, 0.3) is 0 Å². The molecule has 3 saturated heterocycles. The number of alkyl carbamates (subject to hydrolysis) is 1. The summed E-state index contributed by atoms with van der Waals surface area (Å²) >= 11 is 0. The quantitative estimate of drug-likeness (QED) is 0.854.